The maximum absolute atomic E-state index is 11.7. The Balaban J connectivity index is 2.07. The van der Waals surface area contributed by atoms with Gasteiger partial charge in [-0.3, -0.25) is 4.79 Å². The number of carbonyl (C=O) groups excluding carboxylic acids is 1. The SMILES string of the molecule is CCOCC(=O)c1ncc(C2(C)OCCO2)s1. The van der Waals surface area contributed by atoms with Crippen LogP contribution >= 0.6 is 11.3 Å². The summed E-state index contributed by atoms with van der Waals surface area (Å²) in [7, 11) is 0. The molecule has 0 N–H and O–H groups in total. The lowest BCUT2D eigenvalue weighted by atomic mass is 10.3. The summed E-state index contributed by atoms with van der Waals surface area (Å²) in [5, 5.41) is 0.439. The van der Waals surface area contributed by atoms with E-state index in [0.29, 0.717) is 24.8 Å². The van der Waals surface area contributed by atoms with Crippen molar-refractivity contribution in [1.29, 1.82) is 0 Å². The minimum absolute atomic E-state index is 0.0713. The number of thiazole rings is 1. The number of ketones is 1. The molecule has 0 unspecified atom stereocenters. The Morgan fingerprint density at radius 3 is 2.94 bits per heavy atom. The van der Waals surface area contributed by atoms with E-state index < -0.39 is 5.79 Å². The van der Waals surface area contributed by atoms with Gasteiger partial charge in [-0.1, -0.05) is 0 Å². The number of ether oxygens (including phenoxy) is 3. The Morgan fingerprint density at radius 1 is 1.59 bits per heavy atom. The molecule has 1 aromatic heterocycles. The van der Waals surface area contributed by atoms with E-state index in [0.717, 1.165) is 4.88 Å². The summed E-state index contributed by atoms with van der Waals surface area (Å²) in [5.74, 6) is -0.855. The molecule has 0 saturated carbocycles. The van der Waals surface area contributed by atoms with Gasteiger partial charge in [-0.2, -0.15) is 0 Å². The van der Waals surface area contributed by atoms with Crippen LogP contribution in [0.3, 0.4) is 0 Å². The number of carbonyl (C=O) groups is 1. The number of aromatic nitrogens is 1. The van der Waals surface area contributed by atoms with E-state index in [9.17, 15) is 4.79 Å². The van der Waals surface area contributed by atoms with Crippen molar-refractivity contribution in [3.8, 4) is 0 Å². The first kappa shape index (κ1) is 12.6. The quantitative estimate of drug-likeness (QED) is 0.750. The number of nitrogens with zero attached hydrogens (tertiary/aromatic N) is 1. The van der Waals surface area contributed by atoms with Gasteiger partial charge >= 0.3 is 0 Å². The van der Waals surface area contributed by atoms with E-state index in [2.05, 4.69) is 4.98 Å². The van der Waals surface area contributed by atoms with E-state index >= 15 is 0 Å². The Bertz CT molecular complexity index is 398. The second kappa shape index (κ2) is 5.22. The zero-order valence-corrected chi connectivity index (χ0v) is 10.7. The largest absolute Gasteiger partial charge is 0.373 e. The van der Waals surface area contributed by atoms with Crippen LogP contribution in [0.2, 0.25) is 0 Å². The normalized spacial score (nSPS) is 18.5. The molecule has 2 rings (SSSR count). The highest BCUT2D eigenvalue weighted by atomic mass is 32.1. The average Bonchev–Trinajstić information content (AvgIpc) is 2.95. The van der Waals surface area contributed by atoms with Crippen LogP contribution in [0.15, 0.2) is 6.20 Å². The number of Topliss-reactive ketones (excluding diaryl/α,β-unsaturated/α-hetero) is 1. The lowest BCUT2D eigenvalue weighted by molar-refractivity contribution is -0.147. The molecule has 17 heavy (non-hydrogen) atoms. The van der Waals surface area contributed by atoms with E-state index in [4.69, 9.17) is 14.2 Å². The molecule has 1 saturated heterocycles. The van der Waals surface area contributed by atoms with Crippen molar-refractivity contribution in [3.63, 3.8) is 0 Å². The third-order valence-corrected chi connectivity index (χ3v) is 3.69. The molecule has 6 heteroatoms. The summed E-state index contributed by atoms with van der Waals surface area (Å²) in [5.41, 5.74) is 0. The molecule has 0 amide bonds. The van der Waals surface area contributed by atoms with Crippen LogP contribution < -0.4 is 0 Å². The van der Waals surface area contributed by atoms with Crippen LogP contribution in [0.25, 0.3) is 0 Å². The molecule has 1 aliphatic rings. The summed E-state index contributed by atoms with van der Waals surface area (Å²) < 4.78 is 16.1. The van der Waals surface area contributed by atoms with Crippen molar-refractivity contribution >= 4 is 17.1 Å². The molecule has 2 heterocycles. The number of hydrogen-bond donors (Lipinski definition) is 0. The van der Waals surface area contributed by atoms with Crippen LogP contribution in [0, 0.1) is 0 Å². The fraction of sp³-hybridized carbons (Fsp3) is 0.636. The van der Waals surface area contributed by atoms with E-state index in [1.54, 1.807) is 6.20 Å². The maximum Gasteiger partial charge on any atom is 0.216 e. The lowest BCUT2D eigenvalue weighted by Gasteiger charge is -2.19. The van der Waals surface area contributed by atoms with E-state index in [1.165, 1.54) is 11.3 Å². The van der Waals surface area contributed by atoms with Crippen molar-refractivity contribution < 1.29 is 19.0 Å². The van der Waals surface area contributed by atoms with Gasteiger partial charge in [0.15, 0.2) is 5.01 Å². The first-order valence-electron chi connectivity index (χ1n) is 5.51. The Morgan fingerprint density at radius 2 is 2.29 bits per heavy atom. The summed E-state index contributed by atoms with van der Waals surface area (Å²) in [6.45, 7) is 5.41. The van der Waals surface area contributed by atoms with Crippen LogP contribution in [-0.4, -0.2) is 37.2 Å². The highest BCUT2D eigenvalue weighted by Crippen LogP contribution is 2.34. The minimum atomic E-state index is -0.748. The Hall–Kier alpha value is -0.820. The van der Waals surface area contributed by atoms with Gasteiger partial charge in [0.05, 0.1) is 18.1 Å². The molecule has 0 aromatic carbocycles. The first-order chi connectivity index (χ1) is 8.15. The lowest BCUT2D eigenvalue weighted by Crippen LogP contribution is -2.20. The van der Waals surface area contributed by atoms with Crippen LogP contribution in [0.1, 0.15) is 28.5 Å². The topological polar surface area (TPSA) is 57.7 Å². The van der Waals surface area contributed by atoms with Crippen molar-refractivity contribution in [3.05, 3.63) is 16.1 Å². The van der Waals surface area contributed by atoms with Gasteiger partial charge in [0, 0.05) is 12.8 Å². The molecule has 94 valence electrons. The molecule has 1 fully saturated rings. The Labute approximate surface area is 104 Å². The zero-order valence-electron chi connectivity index (χ0n) is 9.89. The van der Waals surface area contributed by atoms with Gasteiger partial charge in [0.2, 0.25) is 11.6 Å². The molecule has 0 atom stereocenters. The summed E-state index contributed by atoms with van der Waals surface area (Å²) in [6.07, 6.45) is 1.63. The van der Waals surface area contributed by atoms with Crippen LogP contribution in [0.5, 0.6) is 0 Å². The fourth-order valence-corrected chi connectivity index (χ4v) is 2.42. The second-order valence-electron chi connectivity index (χ2n) is 3.73. The van der Waals surface area contributed by atoms with Gasteiger partial charge in [0.1, 0.15) is 6.61 Å². The predicted octanol–water partition coefficient (Wildman–Crippen LogP) is 1.58. The van der Waals surface area contributed by atoms with Crippen molar-refractivity contribution in [1.82, 2.24) is 4.98 Å². The zero-order chi connectivity index (χ0) is 12.3. The minimum Gasteiger partial charge on any atom is -0.373 e. The molecule has 0 aliphatic carbocycles. The predicted molar refractivity (Wildman–Crippen MR) is 62.2 cm³/mol. The highest BCUT2D eigenvalue weighted by Gasteiger charge is 2.35. The molecule has 1 aliphatic heterocycles. The Kier molecular flexibility index (Phi) is 3.88. The van der Waals surface area contributed by atoms with Crippen LogP contribution in [-0.2, 0) is 20.0 Å². The van der Waals surface area contributed by atoms with Crippen molar-refractivity contribution in [2.45, 2.75) is 19.6 Å². The molecule has 0 bridgehead atoms. The van der Waals surface area contributed by atoms with Crippen molar-refractivity contribution in [2.24, 2.45) is 0 Å². The molecule has 5 nitrogen and oxygen atoms in total. The van der Waals surface area contributed by atoms with E-state index in [-0.39, 0.29) is 12.4 Å². The van der Waals surface area contributed by atoms with Gasteiger partial charge in [0.25, 0.3) is 0 Å². The summed E-state index contributed by atoms with van der Waals surface area (Å²) in [6, 6.07) is 0. The second-order valence-corrected chi connectivity index (χ2v) is 4.76. The molecule has 1 aromatic rings. The third kappa shape index (κ3) is 2.71. The molecule has 0 spiro atoms. The summed E-state index contributed by atoms with van der Waals surface area (Å²) >= 11 is 1.30. The van der Waals surface area contributed by atoms with Crippen molar-refractivity contribution in [2.75, 3.05) is 26.4 Å². The standard InChI is InChI=1S/C11H15NO4S/c1-3-14-7-8(13)10-12-6-9(17-10)11(2)15-4-5-16-11/h6H,3-5,7H2,1-2H3. The van der Waals surface area contributed by atoms with E-state index in [1.807, 2.05) is 13.8 Å². The molecular weight excluding hydrogens is 242 g/mol. The van der Waals surface area contributed by atoms with Gasteiger partial charge in [-0.15, -0.1) is 11.3 Å². The highest BCUT2D eigenvalue weighted by molar-refractivity contribution is 7.13. The molecule has 0 radical (unpaired) electrons. The third-order valence-electron chi connectivity index (χ3n) is 2.47. The average molecular weight is 257 g/mol. The van der Waals surface area contributed by atoms with Crippen LogP contribution in [0.4, 0.5) is 0 Å². The smallest absolute Gasteiger partial charge is 0.216 e. The van der Waals surface area contributed by atoms with Gasteiger partial charge < -0.3 is 14.2 Å². The maximum atomic E-state index is 11.7. The summed E-state index contributed by atoms with van der Waals surface area (Å²) in [4.78, 5) is 16.6. The number of rotatable bonds is 5. The first-order valence-corrected chi connectivity index (χ1v) is 6.32. The van der Waals surface area contributed by atoms with Gasteiger partial charge in [-0.05, 0) is 13.8 Å². The number of hydrogen-bond acceptors (Lipinski definition) is 6. The van der Waals surface area contributed by atoms with Gasteiger partial charge in [-0.25, -0.2) is 4.98 Å². The fourth-order valence-electron chi connectivity index (χ4n) is 1.53. The molecular formula is C11H15NO4S. The monoisotopic (exact) mass is 257 g/mol.